The Morgan fingerprint density at radius 1 is 1.40 bits per heavy atom. The highest BCUT2D eigenvalue weighted by Crippen LogP contribution is 2.22. The van der Waals surface area contributed by atoms with Crippen LogP contribution in [0.1, 0.15) is 42.5 Å². The SMILES string of the molecule is CC(C)(C)c1cc(C(=O)NCc2cscn2)cc(N)n1. The molecule has 0 aliphatic rings. The zero-order chi connectivity index (χ0) is 14.8. The summed E-state index contributed by atoms with van der Waals surface area (Å²) in [4.78, 5) is 20.6. The van der Waals surface area contributed by atoms with Crippen LogP contribution in [0.4, 0.5) is 5.82 Å². The third-order valence-corrected chi connectivity index (χ3v) is 3.42. The molecule has 0 bridgehead atoms. The highest BCUT2D eigenvalue weighted by molar-refractivity contribution is 7.07. The number of nitrogens with one attached hydrogen (secondary N) is 1. The van der Waals surface area contributed by atoms with Crippen LogP contribution in [0.5, 0.6) is 0 Å². The van der Waals surface area contributed by atoms with E-state index in [4.69, 9.17) is 5.73 Å². The fourth-order valence-electron chi connectivity index (χ4n) is 1.66. The Bertz CT molecular complexity index is 602. The third-order valence-electron chi connectivity index (χ3n) is 2.79. The first kappa shape index (κ1) is 14.5. The maximum absolute atomic E-state index is 12.2. The molecule has 1 amide bonds. The number of hydrogen-bond acceptors (Lipinski definition) is 5. The van der Waals surface area contributed by atoms with Crippen molar-refractivity contribution in [1.29, 1.82) is 0 Å². The van der Waals surface area contributed by atoms with Crippen molar-refractivity contribution in [2.24, 2.45) is 0 Å². The van der Waals surface area contributed by atoms with Crippen LogP contribution in [-0.4, -0.2) is 15.9 Å². The molecule has 0 unspecified atom stereocenters. The van der Waals surface area contributed by atoms with E-state index in [1.807, 2.05) is 26.2 Å². The summed E-state index contributed by atoms with van der Waals surface area (Å²) in [5, 5.41) is 4.73. The second-order valence-electron chi connectivity index (χ2n) is 5.58. The zero-order valence-corrected chi connectivity index (χ0v) is 12.6. The number of hydrogen-bond donors (Lipinski definition) is 2. The van der Waals surface area contributed by atoms with Crippen LogP contribution in [0.25, 0.3) is 0 Å². The highest BCUT2D eigenvalue weighted by atomic mass is 32.1. The number of pyridine rings is 1. The first-order chi connectivity index (χ1) is 9.36. The Morgan fingerprint density at radius 2 is 2.15 bits per heavy atom. The van der Waals surface area contributed by atoms with Crippen molar-refractivity contribution in [1.82, 2.24) is 15.3 Å². The maximum atomic E-state index is 12.2. The number of nitrogens with zero attached hydrogens (tertiary/aromatic N) is 2. The maximum Gasteiger partial charge on any atom is 0.251 e. The van der Waals surface area contributed by atoms with Crippen LogP contribution in [0, 0.1) is 0 Å². The third kappa shape index (κ3) is 3.54. The van der Waals surface area contributed by atoms with Gasteiger partial charge in [0.25, 0.3) is 5.91 Å². The van der Waals surface area contributed by atoms with E-state index < -0.39 is 0 Å². The summed E-state index contributed by atoms with van der Waals surface area (Å²) in [7, 11) is 0. The molecular formula is C14H18N4OS. The molecule has 0 saturated carbocycles. The molecule has 0 atom stereocenters. The smallest absolute Gasteiger partial charge is 0.251 e. The van der Waals surface area contributed by atoms with E-state index in [9.17, 15) is 4.79 Å². The Balaban J connectivity index is 2.15. The number of nitrogens with two attached hydrogens (primary N) is 1. The minimum absolute atomic E-state index is 0.153. The van der Waals surface area contributed by atoms with Gasteiger partial charge in [0.1, 0.15) is 5.82 Å². The van der Waals surface area contributed by atoms with Crippen molar-refractivity contribution in [3.63, 3.8) is 0 Å². The summed E-state index contributed by atoms with van der Waals surface area (Å²) in [6, 6.07) is 3.37. The molecule has 6 heteroatoms. The molecule has 0 aliphatic carbocycles. The van der Waals surface area contributed by atoms with E-state index in [-0.39, 0.29) is 11.3 Å². The van der Waals surface area contributed by atoms with Gasteiger partial charge in [0.15, 0.2) is 0 Å². The van der Waals surface area contributed by atoms with Crippen molar-refractivity contribution in [2.75, 3.05) is 5.73 Å². The minimum Gasteiger partial charge on any atom is -0.384 e. The summed E-state index contributed by atoms with van der Waals surface area (Å²) in [5.41, 5.74) is 9.55. The largest absolute Gasteiger partial charge is 0.384 e. The average Bonchev–Trinajstić information content (AvgIpc) is 2.87. The van der Waals surface area contributed by atoms with Gasteiger partial charge in [0.05, 0.1) is 17.7 Å². The van der Waals surface area contributed by atoms with E-state index in [2.05, 4.69) is 15.3 Å². The first-order valence-corrected chi connectivity index (χ1v) is 7.24. The number of carbonyl (C=O) groups is 1. The van der Waals surface area contributed by atoms with Gasteiger partial charge >= 0.3 is 0 Å². The second kappa shape index (κ2) is 5.58. The number of aromatic nitrogens is 2. The number of anilines is 1. The van der Waals surface area contributed by atoms with Crippen molar-refractivity contribution >= 4 is 23.1 Å². The fourth-order valence-corrected chi connectivity index (χ4v) is 2.22. The molecule has 3 N–H and O–H groups in total. The van der Waals surface area contributed by atoms with Crippen LogP contribution in [-0.2, 0) is 12.0 Å². The predicted octanol–water partition coefficient (Wildman–Crippen LogP) is 2.35. The van der Waals surface area contributed by atoms with Crippen molar-refractivity contribution in [3.8, 4) is 0 Å². The van der Waals surface area contributed by atoms with E-state index in [1.54, 1.807) is 17.6 Å². The summed E-state index contributed by atoms with van der Waals surface area (Å²) >= 11 is 1.50. The van der Waals surface area contributed by atoms with Crippen LogP contribution < -0.4 is 11.1 Å². The van der Waals surface area contributed by atoms with E-state index in [0.29, 0.717) is 17.9 Å². The predicted molar refractivity (Wildman–Crippen MR) is 80.6 cm³/mol. The Labute approximate surface area is 122 Å². The van der Waals surface area contributed by atoms with E-state index >= 15 is 0 Å². The first-order valence-electron chi connectivity index (χ1n) is 6.29. The minimum atomic E-state index is -0.169. The van der Waals surface area contributed by atoms with Gasteiger partial charge in [-0.2, -0.15) is 0 Å². The molecule has 0 radical (unpaired) electrons. The lowest BCUT2D eigenvalue weighted by molar-refractivity contribution is 0.0950. The average molecular weight is 290 g/mol. The number of thiazole rings is 1. The monoisotopic (exact) mass is 290 g/mol. The van der Waals surface area contributed by atoms with E-state index in [1.165, 1.54) is 11.3 Å². The molecular weight excluding hydrogens is 272 g/mol. The standard InChI is InChI=1S/C14H18N4OS/c1-14(2,3)11-4-9(5-12(15)18-11)13(19)16-6-10-7-20-8-17-10/h4-5,7-8H,6H2,1-3H3,(H2,15,18)(H,16,19). The van der Waals surface area contributed by atoms with Crippen LogP contribution in [0.2, 0.25) is 0 Å². The quantitative estimate of drug-likeness (QED) is 0.909. The molecule has 20 heavy (non-hydrogen) atoms. The fraction of sp³-hybridized carbons (Fsp3) is 0.357. The molecule has 5 nitrogen and oxygen atoms in total. The van der Waals surface area contributed by atoms with Crippen LogP contribution in [0.3, 0.4) is 0 Å². The van der Waals surface area contributed by atoms with Gasteiger partial charge in [-0.05, 0) is 12.1 Å². The van der Waals surface area contributed by atoms with Crippen molar-refractivity contribution < 1.29 is 4.79 Å². The van der Waals surface area contributed by atoms with Crippen LogP contribution in [0.15, 0.2) is 23.0 Å². The molecule has 2 aromatic heterocycles. The molecule has 2 heterocycles. The lowest BCUT2D eigenvalue weighted by Crippen LogP contribution is -2.24. The summed E-state index contributed by atoms with van der Waals surface area (Å²) < 4.78 is 0. The number of rotatable bonds is 3. The Hall–Kier alpha value is -1.95. The topological polar surface area (TPSA) is 80.9 Å². The summed E-state index contributed by atoms with van der Waals surface area (Å²) in [5.74, 6) is 0.189. The van der Waals surface area contributed by atoms with Gasteiger partial charge in [0.2, 0.25) is 0 Å². The molecule has 2 aromatic rings. The van der Waals surface area contributed by atoms with Gasteiger partial charge in [-0.3, -0.25) is 4.79 Å². The molecule has 0 spiro atoms. The molecule has 0 aromatic carbocycles. The molecule has 2 rings (SSSR count). The Morgan fingerprint density at radius 3 is 2.75 bits per heavy atom. The second-order valence-corrected chi connectivity index (χ2v) is 6.30. The van der Waals surface area contributed by atoms with E-state index in [0.717, 1.165) is 11.4 Å². The lowest BCUT2D eigenvalue weighted by atomic mass is 9.90. The summed E-state index contributed by atoms with van der Waals surface area (Å²) in [6.07, 6.45) is 0. The van der Waals surface area contributed by atoms with Crippen molar-refractivity contribution in [3.05, 3.63) is 40.0 Å². The van der Waals surface area contributed by atoms with Crippen LogP contribution >= 0.6 is 11.3 Å². The van der Waals surface area contributed by atoms with Gasteiger partial charge in [-0.15, -0.1) is 11.3 Å². The van der Waals surface area contributed by atoms with Gasteiger partial charge in [0, 0.05) is 22.1 Å². The van der Waals surface area contributed by atoms with Gasteiger partial charge in [-0.1, -0.05) is 20.8 Å². The molecule has 0 saturated heterocycles. The normalized spacial score (nSPS) is 11.3. The highest BCUT2D eigenvalue weighted by Gasteiger charge is 2.18. The van der Waals surface area contributed by atoms with Gasteiger partial charge < -0.3 is 11.1 Å². The number of amides is 1. The summed E-state index contributed by atoms with van der Waals surface area (Å²) in [6.45, 7) is 6.51. The lowest BCUT2D eigenvalue weighted by Gasteiger charge is -2.19. The Kier molecular flexibility index (Phi) is 4.04. The molecule has 106 valence electrons. The van der Waals surface area contributed by atoms with Crippen molar-refractivity contribution in [2.45, 2.75) is 32.7 Å². The molecule has 0 fully saturated rings. The zero-order valence-electron chi connectivity index (χ0n) is 11.8. The number of carbonyl (C=O) groups excluding carboxylic acids is 1. The van der Waals surface area contributed by atoms with Gasteiger partial charge in [-0.25, -0.2) is 9.97 Å². The number of nitrogen functional groups attached to an aromatic ring is 1. The molecule has 0 aliphatic heterocycles.